The van der Waals surface area contributed by atoms with E-state index >= 15 is 0 Å². The summed E-state index contributed by atoms with van der Waals surface area (Å²) in [6, 6.07) is 4.60. The molecule has 1 aliphatic heterocycles. The summed E-state index contributed by atoms with van der Waals surface area (Å²) in [5.74, 6) is 0.224. The molecule has 0 radical (unpaired) electrons. The minimum atomic E-state index is -0.322. The number of hydrogen-bond acceptors (Lipinski definition) is 4. The van der Waals surface area contributed by atoms with Crippen molar-refractivity contribution >= 4 is 11.6 Å². The first-order valence-electron chi connectivity index (χ1n) is 5.41. The Morgan fingerprint density at radius 3 is 2.94 bits per heavy atom. The standard InChI is InChI=1S/C12H12ClNO3/c13-9-6-10(15)8(7-14)5-11(9)17-12-3-1-2-4-16-12/h5-6,12,15H,1-4H2. The predicted molar refractivity (Wildman–Crippen MR) is 62.1 cm³/mol. The van der Waals surface area contributed by atoms with Crippen LogP contribution in [0.1, 0.15) is 24.8 Å². The van der Waals surface area contributed by atoms with Crippen molar-refractivity contribution in [3.63, 3.8) is 0 Å². The Hall–Kier alpha value is -1.44. The van der Waals surface area contributed by atoms with E-state index < -0.39 is 0 Å². The number of nitriles is 1. The zero-order chi connectivity index (χ0) is 12.3. The molecule has 0 aromatic heterocycles. The highest BCUT2D eigenvalue weighted by atomic mass is 35.5. The first kappa shape index (κ1) is 12.0. The third-order valence-electron chi connectivity index (χ3n) is 2.57. The first-order valence-corrected chi connectivity index (χ1v) is 5.79. The molecule has 1 saturated heterocycles. The number of hydrogen-bond donors (Lipinski definition) is 1. The number of phenolic OH excluding ortho intramolecular Hbond substituents is 1. The molecule has 17 heavy (non-hydrogen) atoms. The fourth-order valence-corrected chi connectivity index (χ4v) is 1.87. The van der Waals surface area contributed by atoms with Crippen molar-refractivity contribution in [3.8, 4) is 17.6 Å². The quantitative estimate of drug-likeness (QED) is 0.880. The van der Waals surface area contributed by atoms with Crippen molar-refractivity contribution in [3.05, 3.63) is 22.7 Å². The fourth-order valence-electron chi connectivity index (χ4n) is 1.67. The number of aromatic hydroxyl groups is 1. The van der Waals surface area contributed by atoms with E-state index in [4.69, 9.17) is 26.3 Å². The first-order chi connectivity index (χ1) is 8.20. The second kappa shape index (κ2) is 5.26. The maximum atomic E-state index is 9.43. The van der Waals surface area contributed by atoms with Gasteiger partial charge < -0.3 is 14.6 Å². The topological polar surface area (TPSA) is 62.5 Å². The molecule has 1 unspecified atom stereocenters. The highest BCUT2D eigenvalue weighted by Gasteiger charge is 2.18. The molecule has 1 aromatic rings. The zero-order valence-electron chi connectivity index (χ0n) is 9.15. The summed E-state index contributed by atoms with van der Waals surface area (Å²) in [4.78, 5) is 0. The molecule has 4 nitrogen and oxygen atoms in total. The molecule has 1 atom stereocenters. The lowest BCUT2D eigenvalue weighted by molar-refractivity contribution is -0.105. The van der Waals surface area contributed by atoms with Crippen LogP contribution in [0.4, 0.5) is 0 Å². The van der Waals surface area contributed by atoms with Gasteiger partial charge in [0.1, 0.15) is 17.6 Å². The van der Waals surface area contributed by atoms with Crippen molar-refractivity contribution in [2.24, 2.45) is 0 Å². The summed E-state index contributed by atoms with van der Waals surface area (Å²) < 4.78 is 11.0. The maximum absolute atomic E-state index is 9.43. The van der Waals surface area contributed by atoms with E-state index in [-0.39, 0.29) is 22.6 Å². The van der Waals surface area contributed by atoms with Gasteiger partial charge in [0.25, 0.3) is 0 Å². The van der Waals surface area contributed by atoms with Gasteiger partial charge in [-0.2, -0.15) is 5.26 Å². The van der Waals surface area contributed by atoms with Crippen LogP contribution in [0.15, 0.2) is 12.1 Å². The highest BCUT2D eigenvalue weighted by molar-refractivity contribution is 6.32. The van der Waals surface area contributed by atoms with Gasteiger partial charge in [-0.1, -0.05) is 11.6 Å². The number of rotatable bonds is 2. The Morgan fingerprint density at radius 1 is 1.47 bits per heavy atom. The van der Waals surface area contributed by atoms with Crippen LogP contribution in [0.2, 0.25) is 5.02 Å². The summed E-state index contributed by atoms with van der Waals surface area (Å²) in [6.45, 7) is 0.672. The van der Waals surface area contributed by atoms with Crippen LogP contribution in [0.3, 0.4) is 0 Å². The van der Waals surface area contributed by atoms with E-state index in [0.717, 1.165) is 19.3 Å². The summed E-state index contributed by atoms with van der Waals surface area (Å²) in [5.41, 5.74) is 0.139. The van der Waals surface area contributed by atoms with Gasteiger partial charge >= 0.3 is 0 Å². The maximum Gasteiger partial charge on any atom is 0.199 e. The normalized spacial score (nSPS) is 19.6. The van der Waals surface area contributed by atoms with E-state index in [1.54, 1.807) is 0 Å². The summed E-state index contributed by atoms with van der Waals surface area (Å²) >= 11 is 5.93. The summed E-state index contributed by atoms with van der Waals surface area (Å²) in [5, 5.41) is 18.5. The smallest absolute Gasteiger partial charge is 0.199 e. The molecule has 90 valence electrons. The number of ether oxygens (including phenoxy) is 2. The molecule has 0 spiro atoms. The number of nitrogens with zero attached hydrogens (tertiary/aromatic N) is 1. The van der Waals surface area contributed by atoms with E-state index in [1.807, 2.05) is 6.07 Å². The fraction of sp³-hybridized carbons (Fsp3) is 0.417. The Kier molecular flexibility index (Phi) is 3.72. The molecule has 5 heteroatoms. The SMILES string of the molecule is N#Cc1cc(OC2CCCCO2)c(Cl)cc1O. The monoisotopic (exact) mass is 253 g/mol. The zero-order valence-corrected chi connectivity index (χ0v) is 9.91. The number of phenols is 1. The minimum absolute atomic E-state index is 0.139. The van der Waals surface area contributed by atoms with Gasteiger partial charge in [-0.15, -0.1) is 0 Å². The molecule has 0 bridgehead atoms. The average Bonchev–Trinajstić information content (AvgIpc) is 2.34. The molecular formula is C12H12ClNO3. The van der Waals surface area contributed by atoms with E-state index in [9.17, 15) is 5.11 Å². The Balaban J connectivity index is 2.17. The number of halogens is 1. The molecule has 1 fully saturated rings. The van der Waals surface area contributed by atoms with Crippen molar-refractivity contribution in [1.82, 2.24) is 0 Å². The van der Waals surface area contributed by atoms with Crippen LogP contribution in [0, 0.1) is 11.3 Å². The van der Waals surface area contributed by atoms with Gasteiger partial charge in [-0.25, -0.2) is 0 Å². The van der Waals surface area contributed by atoms with E-state index in [1.165, 1.54) is 12.1 Å². The summed E-state index contributed by atoms with van der Waals surface area (Å²) in [7, 11) is 0. The van der Waals surface area contributed by atoms with Gasteiger partial charge in [0, 0.05) is 18.6 Å². The van der Waals surface area contributed by atoms with Gasteiger partial charge in [0.2, 0.25) is 0 Å². The van der Waals surface area contributed by atoms with Crippen LogP contribution in [0.25, 0.3) is 0 Å². The molecule has 1 aliphatic rings. The second-order valence-electron chi connectivity index (χ2n) is 3.83. The molecule has 2 rings (SSSR count). The lowest BCUT2D eigenvalue weighted by atomic mass is 10.2. The largest absolute Gasteiger partial charge is 0.507 e. The molecule has 1 aromatic carbocycles. The predicted octanol–water partition coefficient (Wildman–Crippen LogP) is 2.82. The van der Waals surface area contributed by atoms with Gasteiger partial charge in [-0.05, 0) is 12.8 Å². The third kappa shape index (κ3) is 2.82. The minimum Gasteiger partial charge on any atom is -0.507 e. The molecule has 0 aliphatic carbocycles. The average molecular weight is 254 g/mol. The van der Waals surface area contributed by atoms with E-state index in [2.05, 4.69) is 0 Å². The molecule has 1 heterocycles. The third-order valence-corrected chi connectivity index (χ3v) is 2.86. The van der Waals surface area contributed by atoms with Crippen molar-refractivity contribution in [2.45, 2.75) is 25.6 Å². The van der Waals surface area contributed by atoms with Crippen molar-refractivity contribution in [1.29, 1.82) is 5.26 Å². The Morgan fingerprint density at radius 2 is 2.29 bits per heavy atom. The number of benzene rings is 1. The van der Waals surface area contributed by atoms with E-state index in [0.29, 0.717) is 12.4 Å². The lowest BCUT2D eigenvalue weighted by Crippen LogP contribution is -2.25. The summed E-state index contributed by atoms with van der Waals surface area (Å²) in [6.07, 6.45) is 2.56. The molecular weight excluding hydrogens is 242 g/mol. The van der Waals surface area contributed by atoms with Crippen LogP contribution in [-0.4, -0.2) is 18.0 Å². The van der Waals surface area contributed by atoms with Crippen LogP contribution >= 0.6 is 11.6 Å². The molecule has 0 amide bonds. The van der Waals surface area contributed by atoms with Crippen molar-refractivity contribution < 1.29 is 14.6 Å². The molecule has 0 saturated carbocycles. The lowest BCUT2D eigenvalue weighted by Gasteiger charge is -2.24. The van der Waals surface area contributed by atoms with Gasteiger partial charge in [-0.3, -0.25) is 0 Å². The Bertz CT molecular complexity index is 450. The highest BCUT2D eigenvalue weighted by Crippen LogP contribution is 2.33. The van der Waals surface area contributed by atoms with Crippen LogP contribution < -0.4 is 4.74 Å². The van der Waals surface area contributed by atoms with Gasteiger partial charge in [0.05, 0.1) is 17.2 Å². The molecule has 1 N–H and O–H groups in total. The van der Waals surface area contributed by atoms with Gasteiger partial charge in [0.15, 0.2) is 6.29 Å². The van der Waals surface area contributed by atoms with Crippen LogP contribution in [0.5, 0.6) is 11.5 Å². The second-order valence-corrected chi connectivity index (χ2v) is 4.23. The van der Waals surface area contributed by atoms with Crippen LogP contribution in [-0.2, 0) is 4.74 Å². The van der Waals surface area contributed by atoms with Crippen molar-refractivity contribution in [2.75, 3.05) is 6.61 Å². The Labute approximate surface area is 104 Å².